The molecule has 31 heavy (non-hydrogen) atoms. The number of esters is 2. The Morgan fingerprint density at radius 2 is 1.77 bits per heavy atom. The summed E-state index contributed by atoms with van der Waals surface area (Å²) in [5.41, 5.74) is -1.61. The second-order valence-electron chi connectivity index (χ2n) is 10.4. The van der Waals surface area contributed by atoms with E-state index < -0.39 is 35.0 Å². The number of fused-ring (bicyclic) bond motifs is 2. The van der Waals surface area contributed by atoms with Crippen molar-refractivity contribution < 1.29 is 33.4 Å². The summed E-state index contributed by atoms with van der Waals surface area (Å²) in [5.74, 6) is -1.59. The Bertz CT molecular complexity index is 946. The molecule has 1 N–H and O–H groups in total. The molecule has 1 saturated carbocycles. The van der Waals surface area contributed by atoms with Crippen LogP contribution in [0.1, 0.15) is 90.2 Å². The summed E-state index contributed by atoms with van der Waals surface area (Å²) in [5, 5.41) is 12.2. The normalized spacial score (nSPS) is 39.0. The van der Waals surface area contributed by atoms with Gasteiger partial charge >= 0.3 is 11.9 Å². The lowest BCUT2D eigenvalue weighted by molar-refractivity contribution is -0.159. The third kappa shape index (κ3) is 2.85. The van der Waals surface area contributed by atoms with Crippen LogP contribution in [0.5, 0.6) is 0 Å². The highest BCUT2D eigenvalue weighted by Gasteiger charge is 2.72. The SMILES string of the molecule is CC(=O)O[C@@H]1C(=O)[C@]2(O)c3occ4c3[C@](C)(CC[C@H]4OC(C)=O)CC[C@@]2(C)[C@@H]1C(C)C. The average Bonchev–Trinajstić information content (AvgIpc) is 3.16. The molecule has 0 aromatic carbocycles. The van der Waals surface area contributed by atoms with E-state index in [0.29, 0.717) is 12.8 Å². The number of Topliss-reactive ketones (excluding diaryl/α,β-unsaturated/α-hetero) is 1. The number of aliphatic hydroxyl groups is 1. The van der Waals surface area contributed by atoms with Crippen LogP contribution in [-0.4, -0.2) is 28.9 Å². The lowest BCUT2D eigenvalue weighted by Crippen LogP contribution is -2.46. The molecular formula is C24H32O7. The van der Waals surface area contributed by atoms with Gasteiger partial charge in [0.25, 0.3) is 0 Å². The van der Waals surface area contributed by atoms with Crippen molar-refractivity contribution in [2.45, 2.75) is 90.4 Å². The van der Waals surface area contributed by atoms with Crippen LogP contribution in [0.25, 0.3) is 0 Å². The summed E-state index contributed by atoms with van der Waals surface area (Å²) in [6.07, 6.45) is 2.75. The molecule has 0 bridgehead atoms. The minimum atomic E-state index is -1.93. The van der Waals surface area contributed by atoms with E-state index in [9.17, 15) is 19.5 Å². The topological polar surface area (TPSA) is 103 Å². The van der Waals surface area contributed by atoms with Gasteiger partial charge in [-0.1, -0.05) is 27.7 Å². The van der Waals surface area contributed by atoms with Crippen molar-refractivity contribution in [2.75, 3.05) is 0 Å². The van der Waals surface area contributed by atoms with Gasteiger partial charge in [-0.15, -0.1) is 0 Å². The third-order valence-electron chi connectivity index (χ3n) is 8.08. The molecule has 0 unspecified atom stereocenters. The van der Waals surface area contributed by atoms with E-state index in [2.05, 4.69) is 6.92 Å². The fourth-order valence-electron chi connectivity index (χ4n) is 6.67. The Morgan fingerprint density at radius 1 is 1.13 bits per heavy atom. The quantitative estimate of drug-likeness (QED) is 0.726. The van der Waals surface area contributed by atoms with Crippen molar-refractivity contribution in [1.82, 2.24) is 0 Å². The second-order valence-corrected chi connectivity index (χ2v) is 10.4. The molecule has 0 aliphatic heterocycles. The maximum absolute atomic E-state index is 13.7. The monoisotopic (exact) mass is 432 g/mol. The van der Waals surface area contributed by atoms with E-state index in [1.165, 1.54) is 20.1 Å². The first-order valence-electron chi connectivity index (χ1n) is 11.1. The third-order valence-corrected chi connectivity index (χ3v) is 8.08. The fraction of sp³-hybridized carbons (Fsp3) is 0.708. The molecule has 4 rings (SSSR count). The van der Waals surface area contributed by atoms with E-state index in [1.807, 2.05) is 20.8 Å². The molecule has 0 saturated heterocycles. The van der Waals surface area contributed by atoms with Gasteiger partial charge in [0.15, 0.2) is 11.7 Å². The van der Waals surface area contributed by atoms with Gasteiger partial charge < -0.3 is 19.0 Å². The molecule has 7 heteroatoms. The van der Waals surface area contributed by atoms with Crippen LogP contribution in [0.3, 0.4) is 0 Å². The Hall–Kier alpha value is -2.15. The molecule has 1 aromatic rings. The minimum Gasteiger partial charge on any atom is -0.465 e. The molecule has 3 aliphatic carbocycles. The van der Waals surface area contributed by atoms with Crippen molar-refractivity contribution in [3.05, 3.63) is 23.2 Å². The smallest absolute Gasteiger partial charge is 0.303 e. The van der Waals surface area contributed by atoms with Gasteiger partial charge in [-0.25, -0.2) is 0 Å². The highest BCUT2D eigenvalue weighted by atomic mass is 16.6. The Kier molecular flexibility index (Phi) is 4.93. The zero-order valence-corrected chi connectivity index (χ0v) is 19.1. The van der Waals surface area contributed by atoms with E-state index in [0.717, 1.165) is 24.0 Å². The van der Waals surface area contributed by atoms with Gasteiger partial charge in [0.2, 0.25) is 5.78 Å². The van der Waals surface area contributed by atoms with Crippen LogP contribution >= 0.6 is 0 Å². The largest absolute Gasteiger partial charge is 0.465 e. The lowest BCUT2D eigenvalue weighted by Gasteiger charge is -2.41. The summed E-state index contributed by atoms with van der Waals surface area (Å²) >= 11 is 0. The van der Waals surface area contributed by atoms with Gasteiger partial charge in [0, 0.05) is 36.3 Å². The summed E-state index contributed by atoms with van der Waals surface area (Å²) < 4.78 is 17.0. The minimum absolute atomic E-state index is 0.00603. The molecule has 1 heterocycles. The first kappa shape index (κ1) is 22.1. The number of carbonyl (C=O) groups excluding carboxylic acids is 3. The molecule has 7 nitrogen and oxygen atoms in total. The predicted octanol–water partition coefficient (Wildman–Crippen LogP) is 3.71. The van der Waals surface area contributed by atoms with Gasteiger partial charge in [0.05, 0.1) is 6.26 Å². The molecule has 170 valence electrons. The number of ether oxygens (including phenoxy) is 2. The maximum atomic E-state index is 13.7. The van der Waals surface area contributed by atoms with Gasteiger partial charge in [0.1, 0.15) is 11.9 Å². The highest BCUT2D eigenvalue weighted by Crippen LogP contribution is 2.65. The van der Waals surface area contributed by atoms with Crippen molar-refractivity contribution >= 4 is 17.7 Å². The maximum Gasteiger partial charge on any atom is 0.303 e. The summed E-state index contributed by atoms with van der Waals surface area (Å²) in [7, 11) is 0. The number of hydrogen-bond acceptors (Lipinski definition) is 7. The predicted molar refractivity (Wildman–Crippen MR) is 110 cm³/mol. The number of hydrogen-bond donors (Lipinski definition) is 1. The molecule has 1 fully saturated rings. The summed E-state index contributed by atoms with van der Waals surface area (Å²) in [6, 6.07) is 0. The summed E-state index contributed by atoms with van der Waals surface area (Å²) in [6.45, 7) is 10.7. The molecule has 0 radical (unpaired) electrons. The second kappa shape index (κ2) is 6.92. The molecule has 1 aromatic heterocycles. The molecule has 0 amide bonds. The fourth-order valence-corrected chi connectivity index (χ4v) is 6.67. The van der Waals surface area contributed by atoms with E-state index >= 15 is 0 Å². The molecular weight excluding hydrogens is 400 g/mol. The van der Waals surface area contributed by atoms with Crippen LogP contribution in [0, 0.1) is 17.3 Å². The van der Waals surface area contributed by atoms with Crippen molar-refractivity contribution in [1.29, 1.82) is 0 Å². The van der Waals surface area contributed by atoms with Crippen LogP contribution in [0.4, 0.5) is 0 Å². The van der Waals surface area contributed by atoms with E-state index in [1.54, 1.807) is 0 Å². The first-order chi connectivity index (χ1) is 14.4. The summed E-state index contributed by atoms with van der Waals surface area (Å²) in [4.78, 5) is 37.2. The Labute approximate surface area is 182 Å². The number of rotatable bonds is 3. The van der Waals surface area contributed by atoms with Gasteiger partial charge in [-0.05, 0) is 37.0 Å². The van der Waals surface area contributed by atoms with Crippen LogP contribution in [-0.2, 0) is 34.9 Å². The standard InChI is InChI=1S/C24H32O7/c1-12(2)17-19(31-14(4)26)20(27)24(28)21-18-15(11-29-21)16(30-13(3)25)7-8-22(18,5)9-10-23(17,24)6/h11-12,16-17,19,28H,7-10H2,1-6H3/t16-,17-,19+,22-,23+,24+/m1/s1. The Morgan fingerprint density at radius 3 is 2.35 bits per heavy atom. The lowest BCUT2D eigenvalue weighted by atomic mass is 9.64. The van der Waals surface area contributed by atoms with Crippen molar-refractivity contribution in [3.8, 4) is 0 Å². The number of ketones is 1. The zero-order chi connectivity index (χ0) is 22.9. The van der Waals surface area contributed by atoms with Gasteiger partial charge in [-0.3, -0.25) is 14.4 Å². The number of carbonyl (C=O) groups is 3. The van der Waals surface area contributed by atoms with Crippen LogP contribution in [0.15, 0.2) is 10.7 Å². The molecule has 0 spiro atoms. The van der Waals surface area contributed by atoms with Crippen molar-refractivity contribution in [3.63, 3.8) is 0 Å². The van der Waals surface area contributed by atoms with Crippen molar-refractivity contribution in [2.24, 2.45) is 17.3 Å². The average molecular weight is 433 g/mol. The zero-order valence-electron chi connectivity index (χ0n) is 19.1. The molecule has 3 aliphatic rings. The number of furan rings is 1. The van der Waals surface area contributed by atoms with E-state index in [4.69, 9.17) is 13.9 Å². The highest BCUT2D eigenvalue weighted by molar-refractivity contribution is 5.97. The first-order valence-corrected chi connectivity index (χ1v) is 11.1. The Balaban J connectivity index is 1.94. The van der Waals surface area contributed by atoms with E-state index in [-0.39, 0.29) is 29.0 Å². The molecule has 6 atom stereocenters. The van der Waals surface area contributed by atoms with Crippen LogP contribution in [0.2, 0.25) is 0 Å². The van der Waals surface area contributed by atoms with Gasteiger partial charge in [-0.2, -0.15) is 0 Å². The van der Waals surface area contributed by atoms with Crippen LogP contribution < -0.4 is 0 Å².